The van der Waals surface area contributed by atoms with Crippen LogP contribution in [0.3, 0.4) is 0 Å². The average Bonchev–Trinajstić information content (AvgIpc) is 3.54. The summed E-state index contributed by atoms with van der Waals surface area (Å²) in [7, 11) is -20.6. The van der Waals surface area contributed by atoms with Gasteiger partial charge in [0, 0.05) is 6.42 Å². The Morgan fingerprint density at radius 3 is 1.37 bits per heavy atom. The van der Waals surface area contributed by atoms with E-state index in [4.69, 9.17) is 13.1 Å². The maximum Gasteiger partial charge on any atom is 0.523 e. The SMILES string of the molecule is [C-]#[N+]C([N+]#[C-])=C1Cc2c(-c3ccc(S(F)(F)(F)(F)F)cc3)c3c(c(-c4ccc(S(F)(F)(F)(F)F)cc4)c2=C1C)CC(=C(C#N)C#N)C=3C(F)(F)F. The minimum atomic E-state index is -10.3. The highest BCUT2D eigenvalue weighted by Crippen LogP contribution is 3.02. The standard InChI is InChI=1S/C32H15F13N4S2/c1-16-22(31(48-2)49-3)12-24-26(16)27(17-4-8-20(9-5-17)50(36,37,38,39)40)25-13-23(19(14-46)15-47)30(32(33,34)35)29(25)28(24)18-6-10-21(11-7-18)51(41,42,43,44)45/h4-11H,12-13H2,1H3. The number of benzene rings is 3. The fourth-order valence-electron chi connectivity index (χ4n) is 6.26. The molecule has 0 fully saturated rings. The van der Waals surface area contributed by atoms with Crippen molar-refractivity contribution in [2.75, 3.05) is 0 Å². The quantitative estimate of drug-likeness (QED) is 0.151. The van der Waals surface area contributed by atoms with Crippen molar-refractivity contribution in [2.45, 2.75) is 35.7 Å². The van der Waals surface area contributed by atoms with Crippen LogP contribution in [0.2, 0.25) is 0 Å². The normalized spacial score (nSPS) is 17.1. The van der Waals surface area contributed by atoms with E-state index in [-0.39, 0.29) is 57.3 Å². The zero-order valence-electron chi connectivity index (χ0n) is 25.1. The summed E-state index contributed by atoms with van der Waals surface area (Å²) in [6.45, 7) is 16.1. The molecule has 0 atom stereocenters. The topological polar surface area (TPSA) is 56.3 Å². The molecule has 2 aliphatic carbocycles. The zero-order valence-corrected chi connectivity index (χ0v) is 26.7. The zero-order chi connectivity index (χ0) is 38.5. The van der Waals surface area contributed by atoms with Crippen LogP contribution in [0.25, 0.3) is 43.1 Å². The summed E-state index contributed by atoms with van der Waals surface area (Å²) >= 11 is 0. The van der Waals surface area contributed by atoms with E-state index in [2.05, 4.69) is 9.69 Å². The highest BCUT2D eigenvalue weighted by atomic mass is 32.5. The van der Waals surface area contributed by atoms with Crippen LogP contribution < -0.4 is 10.4 Å². The molecule has 19 heteroatoms. The molecule has 0 saturated carbocycles. The van der Waals surface area contributed by atoms with Crippen molar-refractivity contribution in [3.05, 3.63) is 115 Å². The van der Waals surface area contributed by atoms with E-state index in [9.17, 15) is 49.4 Å². The number of nitriles is 2. The Morgan fingerprint density at radius 1 is 0.647 bits per heavy atom. The molecule has 0 saturated heterocycles. The summed E-state index contributed by atoms with van der Waals surface area (Å²) in [4.78, 5) is 1.47. The van der Waals surface area contributed by atoms with Crippen molar-refractivity contribution in [1.29, 1.82) is 10.5 Å². The summed E-state index contributed by atoms with van der Waals surface area (Å²) in [6.07, 6.45) is -6.95. The van der Waals surface area contributed by atoms with Crippen LogP contribution in [-0.4, -0.2) is 6.18 Å². The lowest BCUT2D eigenvalue weighted by Crippen LogP contribution is -2.27. The third kappa shape index (κ3) is 6.39. The Hall–Kier alpha value is -5.37. The van der Waals surface area contributed by atoms with Gasteiger partial charge in [0.25, 0.3) is 0 Å². The van der Waals surface area contributed by atoms with Crippen LogP contribution in [0.4, 0.5) is 52.0 Å². The Bertz CT molecular complexity index is 2460. The van der Waals surface area contributed by atoms with Crippen LogP contribution in [0, 0.1) is 35.8 Å². The van der Waals surface area contributed by atoms with Crippen LogP contribution in [-0.2, 0) is 12.8 Å². The molecular weight excluding hydrogens is 751 g/mol. The molecule has 2 aliphatic rings. The van der Waals surface area contributed by atoms with Gasteiger partial charge < -0.3 is 0 Å². The van der Waals surface area contributed by atoms with Crippen LogP contribution in [0.15, 0.2) is 80.9 Å². The van der Waals surface area contributed by atoms with Crippen molar-refractivity contribution in [3.63, 3.8) is 0 Å². The lowest BCUT2D eigenvalue weighted by molar-refractivity contribution is -0.0695. The van der Waals surface area contributed by atoms with E-state index in [1.54, 1.807) is 0 Å². The molecule has 0 radical (unpaired) electrons. The van der Waals surface area contributed by atoms with Gasteiger partial charge in [-0.1, -0.05) is 63.1 Å². The third-order valence-corrected chi connectivity index (χ3v) is 10.6. The highest BCUT2D eigenvalue weighted by Gasteiger charge is 2.66. The maximum atomic E-state index is 15.1. The first-order valence-corrected chi connectivity index (χ1v) is 17.6. The lowest BCUT2D eigenvalue weighted by atomic mass is 9.86. The fourth-order valence-corrected chi connectivity index (χ4v) is 7.56. The molecule has 3 aromatic rings. The van der Waals surface area contributed by atoms with Crippen LogP contribution in [0.5, 0.6) is 0 Å². The number of rotatable bonds is 4. The van der Waals surface area contributed by atoms with Crippen LogP contribution in [0.1, 0.15) is 18.1 Å². The van der Waals surface area contributed by atoms with Gasteiger partial charge in [-0.05, 0) is 92.6 Å². The molecule has 51 heavy (non-hydrogen) atoms. The van der Waals surface area contributed by atoms with Gasteiger partial charge in [0.1, 0.15) is 40.6 Å². The number of hydrogen-bond acceptors (Lipinski definition) is 2. The largest absolute Gasteiger partial charge is 0.523 e. The number of halogens is 13. The molecule has 0 unspecified atom stereocenters. The summed E-state index contributed by atoms with van der Waals surface area (Å²) in [5, 5.41) is 18.1. The van der Waals surface area contributed by atoms with Gasteiger partial charge in [-0.15, -0.1) is 0 Å². The Balaban J connectivity index is 2.10. The molecule has 5 rings (SSSR count). The fraction of sp³-hybridized carbons (Fsp3) is 0.125. The second-order valence-electron chi connectivity index (χ2n) is 11.4. The van der Waals surface area contributed by atoms with E-state index >= 15 is 13.2 Å². The summed E-state index contributed by atoms with van der Waals surface area (Å²) in [6, 6.07) is 4.49. The minimum Gasteiger partial charge on any atom is -0.192 e. The first-order chi connectivity index (χ1) is 22.9. The number of nitrogens with zero attached hydrogens (tertiary/aromatic N) is 4. The summed E-state index contributed by atoms with van der Waals surface area (Å²) in [5.41, 5.74) is -6.25. The highest BCUT2D eigenvalue weighted by molar-refractivity contribution is 8.46. The van der Waals surface area contributed by atoms with Crippen molar-refractivity contribution in [2.24, 2.45) is 0 Å². The van der Waals surface area contributed by atoms with E-state index in [1.807, 2.05) is 0 Å². The molecule has 0 aliphatic heterocycles. The molecule has 4 nitrogen and oxygen atoms in total. The molecular formula is C32H15F13N4S2. The van der Waals surface area contributed by atoms with Gasteiger partial charge >= 0.3 is 32.4 Å². The Labute approximate surface area is 279 Å². The van der Waals surface area contributed by atoms with Gasteiger partial charge in [-0.3, -0.25) is 0 Å². The van der Waals surface area contributed by atoms with Crippen molar-refractivity contribution >= 4 is 31.6 Å². The van der Waals surface area contributed by atoms with Gasteiger partial charge in [0.2, 0.25) is 0 Å². The molecule has 266 valence electrons. The second kappa shape index (κ2) is 9.90. The van der Waals surface area contributed by atoms with E-state index in [0.29, 0.717) is 24.3 Å². The first kappa shape index (κ1) is 36.9. The molecule has 3 aromatic carbocycles. The van der Waals surface area contributed by atoms with Crippen LogP contribution >= 0.6 is 20.4 Å². The number of alkyl halides is 3. The number of hydrogen-bond donors (Lipinski definition) is 0. The Kier molecular flexibility index (Phi) is 7.16. The predicted molar refractivity (Wildman–Crippen MR) is 164 cm³/mol. The minimum absolute atomic E-state index is 0.00162. The molecule has 0 bridgehead atoms. The van der Waals surface area contributed by atoms with E-state index < -0.39 is 93.7 Å². The molecule has 0 N–H and O–H groups in total. The molecule has 0 aromatic heterocycles. The summed E-state index contributed by atoms with van der Waals surface area (Å²) < 4.78 is 181. The van der Waals surface area contributed by atoms with Gasteiger partial charge in [-0.2, -0.15) is 33.4 Å². The molecule has 0 heterocycles. The van der Waals surface area contributed by atoms with Gasteiger partial charge in [0.05, 0.1) is 11.1 Å². The lowest BCUT2D eigenvalue weighted by Gasteiger charge is -2.40. The second-order valence-corrected chi connectivity index (χ2v) is 16.2. The monoisotopic (exact) mass is 766 g/mol. The van der Waals surface area contributed by atoms with Crippen molar-refractivity contribution in [1.82, 2.24) is 0 Å². The van der Waals surface area contributed by atoms with Crippen molar-refractivity contribution in [3.8, 4) is 34.4 Å². The van der Waals surface area contributed by atoms with Crippen molar-refractivity contribution < 1.29 is 52.0 Å². The van der Waals surface area contributed by atoms with Gasteiger partial charge in [0.15, 0.2) is 0 Å². The maximum absolute atomic E-state index is 15.1. The predicted octanol–water partition coefficient (Wildman–Crippen LogP) is 11.7. The molecule has 0 amide bonds. The Morgan fingerprint density at radius 2 is 1.02 bits per heavy atom. The average molecular weight is 767 g/mol. The van der Waals surface area contributed by atoms with Gasteiger partial charge in [-0.25, -0.2) is 0 Å². The van der Waals surface area contributed by atoms with E-state index in [0.717, 1.165) is 0 Å². The summed E-state index contributed by atoms with van der Waals surface area (Å²) in [5.74, 6) is -0.606. The number of fused-ring (bicyclic) bond motifs is 2. The molecule has 0 spiro atoms. The third-order valence-electron chi connectivity index (χ3n) is 8.26. The smallest absolute Gasteiger partial charge is 0.192 e. The van der Waals surface area contributed by atoms with E-state index in [1.165, 1.54) is 19.1 Å². The first-order valence-electron chi connectivity index (χ1n) is 13.7. The number of allylic oxidation sites excluding steroid dienone is 3.